The SMILES string of the molecule is CCCCc1nc(Cl)c(C=O)n1CC#N. The highest BCUT2D eigenvalue weighted by Crippen LogP contribution is 2.17. The molecule has 0 amide bonds. The quantitative estimate of drug-likeness (QED) is 0.722. The van der Waals surface area contributed by atoms with Crippen LogP contribution >= 0.6 is 11.6 Å². The van der Waals surface area contributed by atoms with Crippen LogP contribution in [0.4, 0.5) is 0 Å². The Kier molecular flexibility index (Phi) is 4.32. The fourth-order valence-corrected chi connectivity index (χ4v) is 1.61. The third-order valence-electron chi connectivity index (χ3n) is 2.14. The maximum Gasteiger partial charge on any atom is 0.169 e. The van der Waals surface area contributed by atoms with Crippen LogP contribution in [0.25, 0.3) is 0 Å². The molecule has 1 heterocycles. The van der Waals surface area contributed by atoms with Crippen LogP contribution in [-0.2, 0) is 13.0 Å². The summed E-state index contributed by atoms with van der Waals surface area (Å²) >= 11 is 5.79. The number of aryl methyl sites for hydroxylation is 1. The number of carbonyl (C=O) groups is 1. The van der Waals surface area contributed by atoms with Crippen LogP contribution in [0.1, 0.15) is 36.1 Å². The maximum atomic E-state index is 10.8. The van der Waals surface area contributed by atoms with E-state index in [2.05, 4.69) is 11.9 Å². The number of imidazole rings is 1. The van der Waals surface area contributed by atoms with E-state index in [0.29, 0.717) is 17.8 Å². The van der Waals surface area contributed by atoms with Crippen LogP contribution in [0, 0.1) is 11.3 Å². The van der Waals surface area contributed by atoms with Crippen molar-refractivity contribution in [3.05, 3.63) is 16.7 Å². The summed E-state index contributed by atoms with van der Waals surface area (Å²) in [5.41, 5.74) is 0.296. The van der Waals surface area contributed by atoms with Gasteiger partial charge in [0.1, 0.15) is 18.1 Å². The van der Waals surface area contributed by atoms with E-state index in [4.69, 9.17) is 16.9 Å². The van der Waals surface area contributed by atoms with Gasteiger partial charge in [-0.15, -0.1) is 0 Å². The molecule has 0 N–H and O–H groups in total. The molecule has 0 spiro atoms. The topological polar surface area (TPSA) is 58.7 Å². The molecule has 15 heavy (non-hydrogen) atoms. The molecule has 0 atom stereocenters. The van der Waals surface area contributed by atoms with Crippen LogP contribution in [0.3, 0.4) is 0 Å². The van der Waals surface area contributed by atoms with Gasteiger partial charge in [0.2, 0.25) is 0 Å². The summed E-state index contributed by atoms with van der Waals surface area (Å²) < 4.78 is 1.57. The second-order valence-corrected chi connectivity index (χ2v) is 3.53. The molecular formula is C10H12ClN3O. The van der Waals surface area contributed by atoms with Crippen molar-refractivity contribution in [2.24, 2.45) is 0 Å². The average Bonchev–Trinajstić information content (AvgIpc) is 2.52. The number of hydrogen-bond acceptors (Lipinski definition) is 3. The van der Waals surface area contributed by atoms with Crippen LogP contribution in [0.5, 0.6) is 0 Å². The molecule has 0 aliphatic rings. The van der Waals surface area contributed by atoms with Crippen molar-refractivity contribution in [1.82, 2.24) is 9.55 Å². The minimum atomic E-state index is 0.118. The molecule has 0 radical (unpaired) electrons. The average molecular weight is 226 g/mol. The number of hydrogen-bond donors (Lipinski definition) is 0. The van der Waals surface area contributed by atoms with Gasteiger partial charge in [-0.2, -0.15) is 5.26 Å². The molecule has 5 heteroatoms. The second-order valence-electron chi connectivity index (χ2n) is 3.17. The molecule has 1 rings (SSSR count). The van der Waals surface area contributed by atoms with E-state index in [1.807, 2.05) is 6.07 Å². The first-order valence-electron chi connectivity index (χ1n) is 4.81. The number of nitriles is 1. The lowest BCUT2D eigenvalue weighted by Gasteiger charge is -2.03. The Morgan fingerprint density at radius 3 is 2.93 bits per heavy atom. The third kappa shape index (κ3) is 2.57. The van der Waals surface area contributed by atoms with Crippen LogP contribution in [0.2, 0.25) is 5.15 Å². The minimum Gasteiger partial charge on any atom is -0.310 e. The van der Waals surface area contributed by atoms with Crippen molar-refractivity contribution in [1.29, 1.82) is 5.26 Å². The zero-order chi connectivity index (χ0) is 11.3. The molecule has 0 aliphatic carbocycles. The summed E-state index contributed by atoms with van der Waals surface area (Å²) in [6, 6.07) is 1.99. The Morgan fingerprint density at radius 1 is 1.67 bits per heavy atom. The van der Waals surface area contributed by atoms with Crippen molar-refractivity contribution in [2.75, 3.05) is 0 Å². The Bertz CT molecular complexity index is 392. The molecule has 0 saturated carbocycles. The number of aromatic nitrogens is 2. The second kappa shape index (κ2) is 5.52. The summed E-state index contributed by atoms with van der Waals surface area (Å²) in [5, 5.41) is 8.83. The molecule has 0 unspecified atom stereocenters. The monoisotopic (exact) mass is 225 g/mol. The van der Waals surface area contributed by atoms with Gasteiger partial charge in [-0.3, -0.25) is 4.79 Å². The lowest BCUT2D eigenvalue weighted by Crippen LogP contribution is -2.06. The largest absolute Gasteiger partial charge is 0.310 e. The minimum absolute atomic E-state index is 0.118. The smallest absolute Gasteiger partial charge is 0.169 e. The van der Waals surface area contributed by atoms with Crippen molar-refractivity contribution in [2.45, 2.75) is 32.7 Å². The number of unbranched alkanes of at least 4 members (excludes halogenated alkanes) is 1. The summed E-state index contributed by atoms with van der Waals surface area (Å²) in [4.78, 5) is 14.8. The number of halogens is 1. The molecule has 80 valence electrons. The Hall–Kier alpha value is -1.34. The van der Waals surface area contributed by atoms with E-state index in [-0.39, 0.29) is 11.7 Å². The number of carbonyl (C=O) groups excluding carboxylic acids is 1. The molecular weight excluding hydrogens is 214 g/mol. The molecule has 0 bridgehead atoms. The predicted molar refractivity (Wildman–Crippen MR) is 56.8 cm³/mol. The van der Waals surface area contributed by atoms with E-state index in [1.165, 1.54) is 0 Å². The van der Waals surface area contributed by atoms with E-state index in [1.54, 1.807) is 4.57 Å². The molecule has 0 aliphatic heterocycles. The molecule has 1 aromatic rings. The zero-order valence-corrected chi connectivity index (χ0v) is 9.29. The fourth-order valence-electron chi connectivity index (χ4n) is 1.37. The van der Waals surface area contributed by atoms with Crippen LogP contribution in [0.15, 0.2) is 0 Å². The first-order chi connectivity index (χ1) is 7.24. The van der Waals surface area contributed by atoms with E-state index < -0.39 is 0 Å². The summed E-state index contributed by atoms with van der Waals surface area (Å²) in [6.45, 7) is 2.19. The third-order valence-corrected chi connectivity index (χ3v) is 2.41. The van der Waals surface area contributed by atoms with E-state index >= 15 is 0 Å². The highest BCUT2D eigenvalue weighted by atomic mass is 35.5. The van der Waals surface area contributed by atoms with Crippen molar-refractivity contribution >= 4 is 17.9 Å². The van der Waals surface area contributed by atoms with Gasteiger partial charge in [-0.1, -0.05) is 24.9 Å². The first kappa shape index (κ1) is 11.7. The molecule has 4 nitrogen and oxygen atoms in total. The fraction of sp³-hybridized carbons (Fsp3) is 0.500. The molecule has 0 aromatic carbocycles. The van der Waals surface area contributed by atoms with Crippen LogP contribution in [-0.4, -0.2) is 15.8 Å². The standard InChI is InChI=1S/C10H12ClN3O/c1-2-3-4-9-13-10(11)8(7-15)14(9)6-5-12/h7H,2-4,6H2,1H3. The number of rotatable bonds is 5. The maximum absolute atomic E-state index is 10.8. The lowest BCUT2D eigenvalue weighted by molar-refractivity contribution is 0.111. The molecule has 0 saturated heterocycles. The van der Waals surface area contributed by atoms with Gasteiger partial charge in [0.05, 0.1) is 6.07 Å². The van der Waals surface area contributed by atoms with Gasteiger partial charge in [0, 0.05) is 6.42 Å². The first-order valence-corrected chi connectivity index (χ1v) is 5.19. The molecule has 1 aromatic heterocycles. The van der Waals surface area contributed by atoms with E-state index in [9.17, 15) is 4.79 Å². The van der Waals surface area contributed by atoms with E-state index in [0.717, 1.165) is 19.3 Å². The summed E-state index contributed by atoms with van der Waals surface area (Å²) in [5.74, 6) is 0.713. The normalized spacial score (nSPS) is 9.93. The van der Waals surface area contributed by atoms with Gasteiger partial charge in [0.25, 0.3) is 0 Å². The number of aldehydes is 1. The molecule has 0 fully saturated rings. The Labute approximate surface area is 93.5 Å². The van der Waals surface area contributed by atoms with Gasteiger partial charge in [-0.25, -0.2) is 4.98 Å². The van der Waals surface area contributed by atoms with Crippen molar-refractivity contribution < 1.29 is 4.79 Å². The van der Waals surface area contributed by atoms with Gasteiger partial charge < -0.3 is 4.57 Å². The van der Waals surface area contributed by atoms with Crippen molar-refractivity contribution in [3.8, 4) is 6.07 Å². The van der Waals surface area contributed by atoms with Crippen LogP contribution < -0.4 is 0 Å². The zero-order valence-electron chi connectivity index (χ0n) is 8.53. The Balaban J connectivity index is 3.04. The summed E-state index contributed by atoms with van der Waals surface area (Å²) in [6.07, 6.45) is 3.39. The number of nitrogens with zero attached hydrogens (tertiary/aromatic N) is 3. The Morgan fingerprint density at radius 2 is 2.40 bits per heavy atom. The highest BCUT2D eigenvalue weighted by Gasteiger charge is 2.14. The van der Waals surface area contributed by atoms with Crippen molar-refractivity contribution in [3.63, 3.8) is 0 Å². The van der Waals surface area contributed by atoms with Gasteiger partial charge in [-0.05, 0) is 6.42 Å². The lowest BCUT2D eigenvalue weighted by atomic mass is 10.2. The van der Waals surface area contributed by atoms with Gasteiger partial charge >= 0.3 is 0 Å². The van der Waals surface area contributed by atoms with Gasteiger partial charge in [0.15, 0.2) is 11.4 Å². The highest BCUT2D eigenvalue weighted by molar-refractivity contribution is 6.31. The predicted octanol–water partition coefficient (Wildman–Crippen LogP) is 2.22. The summed E-state index contributed by atoms with van der Waals surface area (Å²) in [7, 11) is 0.